The van der Waals surface area contributed by atoms with Gasteiger partial charge in [-0.15, -0.1) is 0 Å². The van der Waals surface area contributed by atoms with Crippen LogP contribution in [0.15, 0.2) is 179 Å². The van der Waals surface area contributed by atoms with Gasteiger partial charge in [-0.3, -0.25) is 0 Å². The lowest BCUT2D eigenvalue weighted by molar-refractivity contribution is 0.600. The van der Waals surface area contributed by atoms with Gasteiger partial charge in [0.1, 0.15) is 22.3 Å². The number of benzene rings is 9. The van der Waals surface area contributed by atoms with E-state index in [0.717, 1.165) is 78.0 Å². The molecular weight excluding hydrogens is 829 g/mol. The molecule has 4 heteroatoms. The summed E-state index contributed by atoms with van der Waals surface area (Å²) < 4.78 is 14.4. The maximum Gasteiger partial charge on any atom is 0.145 e. The molecule has 0 saturated heterocycles. The number of anilines is 6. The highest BCUT2D eigenvalue weighted by Gasteiger charge is 2.49. The van der Waals surface area contributed by atoms with Crippen LogP contribution in [-0.4, -0.2) is 0 Å². The van der Waals surface area contributed by atoms with Crippen molar-refractivity contribution in [2.45, 2.75) is 66.2 Å². The van der Waals surface area contributed by atoms with Gasteiger partial charge < -0.3 is 18.6 Å². The van der Waals surface area contributed by atoms with Crippen molar-refractivity contribution in [1.82, 2.24) is 0 Å². The molecule has 11 aromatic rings. The fourth-order valence-corrected chi connectivity index (χ4v) is 12.3. The second-order valence-corrected chi connectivity index (χ2v) is 20.3. The number of hydrogen-bond acceptors (Lipinski definition) is 4. The minimum atomic E-state index is -0.410. The number of hydrogen-bond donors (Lipinski definition) is 0. The number of aryl methyl sites for hydroxylation is 4. The van der Waals surface area contributed by atoms with E-state index in [2.05, 4.69) is 235 Å². The molecule has 0 spiro atoms. The summed E-state index contributed by atoms with van der Waals surface area (Å²) >= 11 is 0. The standard InChI is InChI=1S/C64H52N2O2/c1-37-27-31-49(39(3)33-37)65(41-19-11-9-12-20-41)51-35-47-55(61-57(51)43-23-15-17-25-53(43)67-61)45-29-30-46-56-48(64(7,8)60(46)59(45)63(47,5)6)36-52(58-44-24-16-18-26-54(44)68-62(56)58)66(42-21-13-10-14-22-42)50-32-28-38(2)34-40(50)4/h9-36H,1-8H3. The molecular formula is C64H52N2O2. The molecule has 0 unspecified atom stereocenters. The normalized spacial score (nSPS) is 14.1. The highest BCUT2D eigenvalue weighted by atomic mass is 16.3. The maximum atomic E-state index is 7.18. The first-order valence-electron chi connectivity index (χ1n) is 23.9. The van der Waals surface area contributed by atoms with Gasteiger partial charge in [0.2, 0.25) is 0 Å². The van der Waals surface area contributed by atoms with Crippen molar-refractivity contribution >= 4 is 78.0 Å². The van der Waals surface area contributed by atoms with E-state index in [9.17, 15) is 0 Å². The predicted octanol–water partition coefficient (Wildman–Crippen LogP) is 18.3. The minimum Gasteiger partial charge on any atom is -0.455 e. The molecule has 0 amide bonds. The molecule has 0 atom stereocenters. The molecule has 330 valence electrons. The Morgan fingerprint density at radius 3 is 1.16 bits per heavy atom. The Kier molecular flexibility index (Phi) is 8.53. The largest absolute Gasteiger partial charge is 0.455 e. The molecule has 0 radical (unpaired) electrons. The van der Waals surface area contributed by atoms with Crippen LogP contribution in [0.25, 0.3) is 66.1 Å². The molecule has 0 N–H and O–H groups in total. The van der Waals surface area contributed by atoms with Crippen LogP contribution in [0.5, 0.6) is 0 Å². The van der Waals surface area contributed by atoms with Crippen molar-refractivity contribution < 1.29 is 8.83 Å². The maximum absolute atomic E-state index is 7.18. The van der Waals surface area contributed by atoms with E-state index in [0.29, 0.717) is 0 Å². The van der Waals surface area contributed by atoms with Crippen molar-refractivity contribution in [3.8, 4) is 22.3 Å². The van der Waals surface area contributed by atoms with E-state index in [1.165, 1.54) is 66.8 Å². The summed E-state index contributed by atoms with van der Waals surface area (Å²) in [6.45, 7) is 18.5. The van der Waals surface area contributed by atoms with Gasteiger partial charge in [-0.2, -0.15) is 0 Å². The number of para-hydroxylation sites is 4. The summed E-state index contributed by atoms with van der Waals surface area (Å²) in [5.41, 5.74) is 24.5. The molecule has 0 bridgehead atoms. The van der Waals surface area contributed by atoms with Crippen LogP contribution in [0, 0.1) is 27.7 Å². The summed E-state index contributed by atoms with van der Waals surface area (Å²) in [4.78, 5) is 4.91. The van der Waals surface area contributed by atoms with Crippen LogP contribution in [0.3, 0.4) is 0 Å². The van der Waals surface area contributed by atoms with Crippen molar-refractivity contribution in [3.05, 3.63) is 214 Å². The van der Waals surface area contributed by atoms with Crippen molar-refractivity contribution in [2.24, 2.45) is 0 Å². The van der Waals surface area contributed by atoms with Crippen LogP contribution in [0.1, 0.15) is 72.2 Å². The van der Waals surface area contributed by atoms with Gasteiger partial charge in [0.15, 0.2) is 0 Å². The zero-order valence-corrected chi connectivity index (χ0v) is 39.9. The van der Waals surface area contributed by atoms with E-state index in [1.807, 2.05) is 0 Å². The Morgan fingerprint density at radius 1 is 0.382 bits per heavy atom. The topological polar surface area (TPSA) is 32.8 Å². The number of fused-ring (bicyclic) bond motifs is 15. The second kappa shape index (κ2) is 14.3. The molecule has 2 heterocycles. The van der Waals surface area contributed by atoms with Crippen LogP contribution >= 0.6 is 0 Å². The molecule has 2 aromatic heterocycles. The molecule has 2 aliphatic carbocycles. The Bertz CT molecular complexity index is 3650. The Hall–Kier alpha value is -7.82. The molecule has 0 fully saturated rings. The van der Waals surface area contributed by atoms with E-state index in [1.54, 1.807) is 0 Å². The lowest BCUT2D eigenvalue weighted by atomic mass is 9.72. The molecule has 4 nitrogen and oxygen atoms in total. The molecule has 9 aromatic carbocycles. The van der Waals surface area contributed by atoms with Crippen molar-refractivity contribution in [1.29, 1.82) is 0 Å². The Morgan fingerprint density at radius 2 is 0.765 bits per heavy atom. The van der Waals surface area contributed by atoms with Gasteiger partial charge in [0.05, 0.1) is 22.1 Å². The van der Waals surface area contributed by atoms with E-state index < -0.39 is 10.8 Å². The third-order valence-corrected chi connectivity index (χ3v) is 15.3. The third-order valence-electron chi connectivity index (χ3n) is 15.3. The first-order chi connectivity index (χ1) is 32.9. The van der Waals surface area contributed by atoms with Crippen molar-refractivity contribution in [2.75, 3.05) is 9.80 Å². The average Bonchev–Trinajstić information content (AvgIpc) is 4.04. The molecule has 13 rings (SSSR count). The Labute approximate surface area is 397 Å². The first kappa shape index (κ1) is 40.5. The average molecular weight is 881 g/mol. The molecule has 68 heavy (non-hydrogen) atoms. The van der Waals surface area contributed by atoms with Crippen LogP contribution in [0.4, 0.5) is 34.1 Å². The van der Waals surface area contributed by atoms with E-state index in [-0.39, 0.29) is 0 Å². The highest BCUT2D eigenvalue weighted by molar-refractivity contribution is 6.21. The van der Waals surface area contributed by atoms with E-state index >= 15 is 0 Å². The molecule has 2 aliphatic rings. The zero-order chi connectivity index (χ0) is 46.4. The van der Waals surface area contributed by atoms with Gasteiger partial charge in [-0.1, -0.05) is 148 Å². The smallest absolute Gasteiger partial charge is 0.145 e. The minimum absolute atomic E-state index is 0.410. The van der Waals surface area contributed by atoms with E-state index in [4.69, 9.17) is 8.83 Å². The summed E-state index contributed by atoms with van der Waals surface area (Å²) in [7, 11) is 0. The quantitative estimate of drug-likeness (QED) is 0.167. The van der Waals surface area contributed by atoms with Gasteiger partial charge in [0.25, 0.3) is 0 Å². The summed E-state index contributed by atoms with van der Waals surface area (Å²) in [5, 5.41) is 4.46. The molecule has 0 saturated carbocycles. The summed E-state index contributed by atoms with van der Waals surface area (Å²) in [5.74, 6) is 0. The zero-order valence-electron chi connectivity index (χ0n) is 39.9. The number of rotatable bonds is 6. The van der Waals surface area contributed by atoms with Crippen LogP contribution < -0.4 is 9.80 Å². The predicted molar refractivity (Wildman–Crippen MR) is 284 cm³/mol. The summed E-state index contributed by atoms with van der Waals surface area (Å²) in [6, 6.07) is 62.1. The number of furan rings is 2. The van der Waals surface area contributed by atoms with Gasteiger partial charge in [-0.05, 0) is 133 Å². The SMILES string of the molecule is Cc1ccc(N(c2ccccc2)c2cc3c(c4oc5ccccc5c24)-c2ccc4c(c2C3(C)C)C(C)(C)c2cc(N(c3ccccc3)c3ccc(C)cc3C)c3c(oc5ccccc53)c2-4)c(C)c1. The van der Waals surface area contributed by atoms with Gasteiger partial charge >= 0.3 is 0 Å². The molecule has 0 aliphatic heterocycles. The van der Waals surface area contributed by atoms with Crippen molar-refractivity contribution in [3.63, 3.8) is 0 Å². The third kappa shape index (κ3) is 5.55. The second-order valence-electron chi connectivity index (χ2n) is 20.3. The monoisotopic (exact) mass is 880 g/mol. The van der Waals surface area contributed by atoms with Crippen LogP contribution in [-0.2, 0) is 10.8 Å². The lowest BCUT2D eigenvalue weighted by Gasteiger charge is -2.32. The first-order valence-corrected chi connectivity index (χ1v) is 23.9. The van der Waals surface area contributed by atoms with Crippen LogP contribution in [0.2, 0.25) is 0 Å². The Balaban J connectivity index is 1.10. The highest BCUT2D eigenvalue weighted by Crippen LogP contribution is 2.64. The fraction of sp³-hybridized carbons (Fsp3) is 0.156. The lowest BCUT2D eigenvalue weighted by Crippen LogP contribution is -2.24. The van der Waals surface area contributed by atoms with Gasteiger partial charge in [-0.25, -0.2) is 0 Å². The van der Waals surface area contributed by atoms with Gasteiger partial charge in [0, 0.05) is 55.5 Å². The fourth-order valence-electron chi connectivity index (χ4n) is 12.3. The summed E-state index contributed by atoms with van der Waals surface area (Å²) in [6.07, 6.45) is 0. The number of nitrogens with zero attached hydrogens (tertiary/aromatic N) is 2.